The van der Waals surface area contributed by atoms with Crippen LogP contribution in [0.3, 0.4) is 0 Å². The summed E-state index contributed by atoms with van der Waals surface area (Å²) in [6, 6.07) is 2.68. The van der Waals surface area contributed by atoms with Gasteiger partial charge in [-0.05, 0) is 53.3 Å². The number of Topliss-reactive ketones (excluding diaryl/α,β-unsaturated/α-hetero) is 1. The number of rotatable bonds is 4. The lowest BCUT2D eigenvalue weighted by Crippen LogP contribution is -2.24. The van der Waals surface area contributed by atoms with Gasteiger partial charge >= 0.3 is 6.18 Å². The molecule has 0 aliphatic rings. The number of hydrogen-bond acceptors (Lipinski definition) is 3. The minimum Gasteiger partial charge on any atom is -0.497 e. The van der Waals surface area contributed by atoms with Crippen molar-refractivity contribution in [3.05, 3.63) is 26.8 Å². The van der Waals surface area contributed by atoms with Crippen molar-refractivity contribution in [1.82, 2.24) is 0 Å². The first-order valence-electron chi connectivity index (χ1n) is 4.99. The van der Waals surface area contributed by atoms with Gasteiger partial charge in [-0.15, -0.1) is 0 Å². The Morgan fingerprint density at radius 2 is 2.06 bits per heavy atom. The summed E-state index contributed by atoms with van der Waals surface area (Å²) in [7, 11) is 1.33. The Bertz CT molecular complexity index is 460. The first kappa shape index (κ1) is 15.2. The molecule has 0 atom stereocenters. The highest BCUT2D eigenvalue weighted by Gasteiger charge is 2.40. The van der Waals surface area contributed by atoms with Crippen LogP contribution in [-0.2, 0) is 6.42 Å². The SMILES string of the molecule is COc1cc(CCN)c(I)c(C(=O)C(F)(F)F)c1. The summed E-state index contributed by atoms with van der Waals surface area (Å²) >= 11 is 1.72. The predicted octanol–water partition coefficient (Wildman–Crippen LogP) is 2.55. The molecule has 0 spiro atoms. The molecule has 1 rings (SSSR count). The molecule has 1 aromatic rings. The van der Waals surface area contributed by atoms with Crippen molar-refractivity contribution in [1.29, 1.82) is 0 Å². The van der Waals surface area contributed by atoms with Gasteiger partial charge in [-0.1, -0.05) is 0 Å². The number of halogens is 4. The van der Waals surface area contributed by atoms with Gasteiger partial charge < -0.3 is 10.5 Å². The second kappa shape index (κ2) is 5.87. The van der Waals surface area contributed by atoms with Gasteiger partial charge in [0, 0.05) is 9.13 Å². The molecular formula is C11H11F3INO2. The molecule has 0 aliphatic heterocycles. The lowest BCUT2D eigenvalue weighted by atomic mass is 10.0. The maximum Gasteiger partial charge on any atom is 0.454 e. The molecule has 0 saturated heterocycles. The van der Waals surface area contributed by atoms with E-state index in [4.69, 9.17) is 10.5 Å². The van der Waals surface area contributed by atoms with Crippen LogP contribution in [0, 0.1) is 3.57 Å². The number of ether oxygens (including phenoxy) is 1. The molecule has 0 fully saturated rings. The van der Waals surface area contributed by atoms with Gasteiger partial charge in [-0.2, -0.15) is 13.2 Å². The molecule has 0 unspecified atom stereocenters. The van der Waals surface area contributed by atoms with E-state index in [1.165, 1.54) is 7.11 Å². The number of carbonyl (C=O) groups is 1. The lowest BCUT2D eigenvalue weighted by Gasteiger charge is -2.13. The number of benzene rings is 1. The summed E-state index contributed by atoms with van der Waals surface area (Å²) < 4.78 is 42.5. The zero-order chi connectivity index (χ0) is 13.9. The first-order chi connectivity index (χ1) is 8.31. The maximum absolute atomic E-state index is 12.4. The number of hydrogen-bond donors (Lipinski definition) is 1. The normalized spacial score (nSPS) is 11.4. The van der Waals surface area contributed by atoms with Gasteiger partial charge in [-0.3, -0.25) is 4.79 Å². The van der Waals surface area contributed by atoms with Crippen molar-refractivity contribution >= 4 is 28.4 Å². The Balaban J connectivity index is 3.34. The summed E-state index contributed by atoms with van der Waals surface area (Å²) in [5.41, 5.74) is 5.56. The monoisotopic (exact) mass is 373 g/mol. The minimum absolute atomic E-state index is 0.214. The van der Waals surface area contributed by atoms with Crippen molar-refractivity contribution < 1.29 is 22.7 Å². The van der Waals surface area contributed by atoms with Gasteiger partial charge in [0.2, 0.25) is 0 Å². The Hall–Kier alpha value is -0.830. The Morgan fingerprint density at radius 3 is 2.50 bits per heavy atom. The third kappa shape index (κ3) is 3.35. The van der Waals surface area contributed by atoms with Gasteiger partial charge in [0.1, 0.15) is 5.75 Å². The average molecular weight is 373 g/mol. The number of ketones is 1. The first-order valence-corrected chi connectivity index (χ1v) is 6.07. The minimum atomic E-state index is -4.90. The third-order valence-corrected chi connectivity index (χ3v) is 3.55. The summed E-state index contributed by atoms with van der Waals surface area (Å²) in [4.78, 5) is 11.3. The smallest absolute Gasteiger partial charge is 0.454 e. The van der Waals surface area contributed by atoms with E-state index in [1.807, 2.05) is 0 Å². The number of methoxy groups -OCH3 is 1. The van der Waals surface area contributed by atoms with Crippen molar-refractivity contribution in [2.75, 3.05) is 13.7 Å². The van der Waals surface area contributed by atoms with E-state index in [2.05, 4.69) is 0 Å². The summed E-state index contributed by atoms with van der Waals surface area (Å²) in [5, 5.41) is 0. The molecule has 0 aliphatic carbocycles. The standard InChI is InChI=1S/C11H11F3INO2/c1-18-7-4-6(2-3-16)9(15)8(5-7)10(17)11(12,13)14/h4-5H,2-3,16H2,1H3. The highest BCUT2D eigenvalue weighted by atomic mass is 127. The number of nitrogens with two attached hydrogens (primary N) is 1. The van der Waals surface area contributed by atoms with Crippen molar-refractivity contribution in [3.63, 3.8) is 0 Å². The Kier molecular flexibility index (Phi) is 4.97. The molecule has 100 valence electrons. The lowest BCUT2D eigenvalue weighted by molar-refractivity contribution is -0.0885. The van der Waals surface area contributed by atoms with Crippen molar-refractivity contribution in [3.8, 4) is 5.75 Å². The summed E-state index contributed by atoms with van der Waals surface area (Å²) in [6.07, 6.45) is -4.51. The van der Waals surface area contributed by atoms with E-state index >= 15 is 0 Å². The van der Waals surface area contributed by atoms with Gasteiger partial charge in [0.25, 0.3) is 5.78 Å². The molecule has 0 aromatic heterocycles. The van der Waals surface area contributed by atoms with Crippen LogP contribution in [0.5, 0.6) is 5.75 Å². The van der Waals surface area contributed by atoms with Crippen LogP contribution in [0.1, 0.15) is 15.9 Å². The fourth-order valence-electron chi connectivity index (χ4n) is 1.43. The quantitative estimate of drug-likeness (QED) is 0.652. The number of carbonyl (C=O) groups excluding carboxylic acids is 1. The van der Waals surface area contributed by atoms with Gasteiger partial charge in [-0.25, -0.2) is 0 Å². The fraction of sp³-hybridized carbons (Fsp3) is 0.364. The zero-order valence-corrected chi connectivity index (χ0v) is 11.6. The summed E-state index contributed by atoms with van der Waals surface area (Å²) in [6.45, 7) is 0.281. The number of alkyl halides is 3. The second-order valence-electron chi connectivity index (χ2n) is 3.51. The molecule has 0 heterocycles. The molecule has 3 nitrogen and oxygen atoms in total. The molecular weight excluding hydrogens is 362 g/mol. The average Bonchev–Trinajstić information content (AvgIpc) is 2.30. The predicted molar refractivity (Wildman–Crippen MR) is 68.9 cm³/mol. The molecule has 0 bridgehead atoms. The molecule has 0 radical (unpaired) electrons. The zero-order valence-electron chi connectivity index (χ0n) is 9.47. The maximum atomic E-state index is 12.4. The van der Waals surface area contributed by atoms with E-state index < -0.39 is 17.5 Å². The van der Waals surface area contributed by atoms with E-state index in [0.717, 1.165) is 6.07 Å². The van der Waals surface area contributed by atoms with Crippen LogP contribution in [0.25, 0.3) is 0 Å². The second-order valence-corrected chi connectivity index (χ2v) is 4.59. The van der Waals surface area contributed by atoms with Gasteiger partial charge in [0.15, 0.2) is 0 Å². The van der Waals surface area contributed by atoms with Crippen LogP contribution < -0.4 is 10.5 Å². The highest BCUT2D eigenvalue weighted by Crippen LogP contribution is 2.30. The Morgan fingerprint density at radius 1 is 1.44 bits per heavy atom. The molecule has 18 heavy (non-hydrogen) atoms. The van der Waals surface area contributed by atoms with E-state index in [1.54, 1.807) is 28.7 Å². The molecule has 7 heteroatoms. The topological polar surface area (TPSA) is 52.3 Å². The summed E-state index contributed by atoms with van der Waals surface area (Å²) in [5.74, 6) is -1.66. The fourth-order valence-corrected chi connectivity index (χ4v) is 2.25. The van der Waals surface area contributed by atoms with Gasteiger partial charge in [0.05, 0.1) is 7.11 Å². The van der Waals surface area contributed by atoms with E-state index in [-0.39, 0.29) is 15.9 Å². The highest BCUT2D eigenvalue weighted by molar-refractivity contribution is 14.1. The van der Waals surface area contributed by atoms with Crippen LogP contribution in [-0.4, -0.2) is 25.6 Å². The Labute approximate surface area is 116 Å². The van der Waals surface area contributed by atoms with Crippen molar-refractivity contribution in [2.24, 2.45) is 5.73 Å². The van der Waals surface area contributed by atoms with Crippen LogP contribution in [0.4, 0.5) is 13.2 Å². The molecule has 0 amide bonds. The van der Waals surface area contributed by atoms with Crippen LogP contribution >= 0.6 is 22.6 Å². The largest absolute Gasteiger partial charge is 0.497 e. The van der Waals surface area contributed by atoms with E-state index in [9.17, 15) is 18.0 Å². The van der Waals surface area contributed by atoms with E-state index in [0.29, 0.717) is 12.0 Å². The van der Waals surface area contributed by atoms with Crippen LogP contribution in [0.15, 0.2) is 12.1 Å². The molecule has 1 aromatic carbocycles. The van der Waals surface area contributed by atoms with Crippen LogP contribution in [0.2, 0.25) is 0 Å². The third-order valence-electron chi connectivity index (χ3n) is 2.27. The molecule has 2 N–H and O–H groups in total. The van der Waals surface area contributed by atoms with Crippen molar-refractivity contribution in [2.45, 2.75) is 12.6 Å². The molecule has 0 saturated carbocycles.